The van der Waals surface area contributed by atoms with E-state index in [1.165, 1.54) is 64.5 Å². The van der Waals surface area contributed by atoms with Crippen molar-refractivity contribution in [2.24, 2.45) is 5.92 Å². The lowest BCUT2D eigenvalue weighted by Crippen LogP contribution is -2.26. The van der Waals surface area contributed by atoms with E-state index >= 15 is 0 Å². The fourth-order valence-electron chi connectivity index (χ4n) is 3.83. The summed E-state index contributed by atoms with van der Waals surface area (Å²) < 4.78 is 12.1. The largest absolute Gasteiger partial charge is 0.379 e. The zero-order valence-electron chi connectivity index (χ0n) is 11.5. The van der Waals surface area contributed by atoms with Crippen LogP contribution in [0.2, 0.25) is 0 Å². The van der Waals surface area contributed by atoms with Gasteiger partial charge in [-0.25, -0.2) is 0 Å². The molecule has 104 valence electrons. The number of rotatable bonds is 5. The molecule has 1 saturated carbocycles. The van der Waals surface area contributed by atoms with E-state index in [1.807, 2.05) is 0 Å². The quantitative estimate of drug-likeness (QED) is 0.764. The van der Waals surface area contributed by atoms with Gasteiger partial charge >= 0.3 is 0 Å². The summed E-state index contributed by atoms with van der Waals surface area (Å²) in [7, 11) is 0. The molecule has 1 N–H and O–H groups in total. The van der Waals surface area contributed by atoms with Gasteiger partial charge in [0.15, 0.2) is 0 Å². The number of hydrogen-bond acceptors (Lipinski definition) is 3. The molecule has 3 rings (SSSR count). The van der Waals surface area contributed by atoms with Gasteiger partial charge in [-0.1, -0.05) is 12.8 Å². The van der Waals surface area contributed by atoms with Crippen LogP contribution in [0.5, 0.6) is 0 Å². The highest BCUT2D eigenvalue weighted by molar-refractivity contribution is 4.92. The fourth-order valence-corrected chi connectivity index (χ4v) is 3.83. The van der Waals surface area contributed by atoms with Crippen LogP contribution in [0.15, 0.2) is 0 Å². The molecule has 0 radical (unpaired) electrons. The molecular formula is C15H27NO2. The van der Waals surface area contributed by atoms with Crippen molar-refractivity contribution in [2.45, 2.75) is 63.1 Å². The van der Waals surface area contributed by atoms with Crippen molar-refractivity contribution in [1.82, 2.24) is 5.32 Å². The molecule has 0 aromatic heterocycles. The van der Waals surface area contributed by atoms with Crippen molar-refractivity contribution in [2.75, 3.05) is 26.3 Å². The molecule has 2 atom stereocenters. The normalized spacial score (nSPS) is 34.7. The summed E-state index contributed by atoms with van der Waals surface area (Å²) in [6.45, 7) is 4.12. The Bertz CT molecular complexity index is 257. The third kappa shape index (κ3) is 3.06. The molecule has 2 saturated heterocycles. The van der Waals surface area contributed by atoms with E-state index in [-0.39, 0.29) is 5.60 Å². The maximum Gasteiger partial charge on any atom is 0.0817 e. The fraction of sp³-hybridized carbons (Fsp3) is 1.00. The van der Waals surface area contributed by atoms with Crippen molar-refractivity contribution in [3.8, 4) is 0 Å². The highest BCUT2D eigenvalue weighted by atomic mass is 16.6. The summed E-state index contributed by atoms with van der Waals surface area (Å²) in [6, 6.07) is 0. The second-order valence-electron chi connectivity index (χ2n) is 6.39. The first kappa shape index (κ1) is 12.9. The maximum atomic E-state index is 6.24. The smallest absolute Gasteiger partial charge is 0.0817 e. The van der Waals surface area contributed by atoms with Crippen molar-refractivity contribution in [1.29, 1.82) is 0 Å². The van der Waals surface area contributed by atoms with Crippen LogP contribution in [0.25, 0.3) is 0 Å². The lowest BCUT2D eigenvalue weighted by atomic mass is 9.98. The Morgan fingerprint density at radius 1 is 1.17 bits per heavy atom. The van der Waals surface area contributed by atoms with E-state index < -0.39 is 0 Å². The second-order valence-corrected chi connectivity index (χ2v) is 6.39. The predicted octanol–water partition coefficient (Wildman–Crippen LogP) is 2.49. The maximum absolute atomic E-state index is 6.24. The lowest BCUT2D eigenvalue weighted by Gasteiger charge is -2.23. The highest BCUT2D eigenvalue weighted by Crippen LogP contribution is 2.43. The van der Waals surface area contributed by atoms with Crippen LogP contribution >= 0.6 is 0 Å². The van der Waals surface area contributed by atoms with E-state index in [9.17, 15) is 0 Å². The third-order valence-electron chi connectivity index (χ3n) is 4.99. The molecule has 0 amide bonds. The molecule has 3 heteroatoms. The van der Waals surface area contributed by atoms with Crippen LogP contribution in [0, 0.1) is 5.92 Å². The van der Waals surface area contributed by atoms with Gasteiger partial charge in [0.25, 0.3) is 0 Å². The monoisotopic (exact) mass is 253 g/mol. The average molecular weight is 253 g/mol. The van der Waals surface area contributed by atoms with Crippen LogP contribution in [-0.2, 0) is 9.47 Å². The van der Waals surface area contributed by atoms with E-state index in [1.54, 1.807) is 0 Å². The van der Waals surface area contributed by atoms with Gasteiger partial charge in [0, 0.05) is 6.61 Å². The summed E-state index contributed by atoms with van der Waals surface area (Å²) in [5.74, 6) is 0.843. The summed E-state index contributed by atoms with van der Waals surface area (Å²) in [6.07, 6.45) is 10.7. The molecule has 1 spiro atoms. The van der Waals surface area contributed by atoms with Crippen LogP contribution < -0.4 is 5.32 Å². The van der Waals surface area contributed by atoms with Crippen LogP contribution in [-0.4, -0.2) is 38.0 Å². The standard InChI is InChI=1S/C15H27NO2/c1-2-7-15(6-1)8-3-14(18-15)12-17-10-5-13-4-9-16-11-13/h13-14,16H,1-12H2. The van der Waals surface area contributed by atoms with Crippen molar-refractivity contribution in [3.05, 3.63) is 0 Å². The van der Waals surface area contributed by atoms with E-state index in [0.717, 1.165) is 19.1 Å². The van der Waals surface area contributed by atoms with Crippen LogP contribution in [0.4, 0.5) is 0 Å². The number of ether oxygens (including phenoxy) is 2. The summed E-state index contributed by atoms with van der Waals surface area (Å²) >= 11 is 0. The van der Waals surface area contributed by atoms with Crippen molar-refractivity contribution >= 4 is 0 Å². The van der Waals surface area contributed by atoms with Crippen LogP contribution in [0.3, 0.4) is 0 Å². The van der Waals surface area contributed by atoms with Crippen molar-refractivity contribution < 1.29 is 9.47 Å². The highest BCUT2D eigenvalue weighted by Gasteiger charge is 2.42. The topological polar surface area (TPSA) is 30.5 Å². The second kappa shape index (κ2) is 5.89. The first-order valence-electron chi connectivity index (χ1n) is 7.83. The molecule has 0 aromatic carbocycles. The zero-order valence-corrected chi connectivity index (χ0v) is 11.5. The Morgan fingerprint density at radius 2 is 2.06 bits per heavy atom. The van der Waals surface area contributed by atoms with E-state index in [0.29, 0.717) is 6.10 Å². The average Bonchev–Trinajstić information content (AvgIpc) is 3.10. The van der Waals surface area contributed by atoms with Gasteiger partial charge in [0.05, 0.1) is 18.3 Å². The van der Waals surface area contributed by atoms with Gasteiger partial charge in [-0.05, 0) is 57.5 Å². The molecule has 3 nitrogen and oxygen atoms in total. The minimum Gasteiger partial charge on any atom is -0.379 e. The molecule has 18 heavy (non-hydrogen) atoms. The number of nitrogens with one attached hydrogen (secondary N) is 1. The Labute approximate surface area is 111 Å². The molecule has 3 fully saturated rings. The minimum absolute atomic E-state index is 0.267. The summed E-state index contributed by atoms with van der Waals surface area (Å²) in [4.78, 5) is 0. The third-order valence-corrected chi connectivity index (χ3v) is 4.99. The molecule has 0 bridgehead atoms. The molecular weight excluding hydrogens is 226 g/mol. The lowest BCUT2D eigenvalue weighted by molar-refractivity contribution is -0.0688. The molecule has 2 unspecified atom stereocenters. The van der Waals surface area contributed by atoms with Gasteiger partial charge in [-0.15, -0.1) is 0 Å². The minimum atomic E-state index is 0.267. The Morgan fingerprint density at radius 3 is 2.83 bits per heavy atom. The Kier molecular flexibility index (Phi) is 4.22. The summed E-state index contributed by atoms with van der Waals surface area (Å²) in [5.41, 5.74) is 0.267. The van der Waals surface area contributed by atoms with Gasteiger partial charge < -0.3 is 14.8 Å². The van der Waals surface area contributed by atoms with Gasteiger partial charge in [-0.3, -0.25) is 0 Å². The molecule has 1 aliphatic carbocycles. The van der Waals surface area contributed by atoms with Gasteiger partial charge in [0.1, 0.15) is 0 Å². The SMILES string of the molecule is C1CCC2(C1)CCC(COCCC1CCNC1)O2. The van der Waals surface area contributed by atoms with Gasteiger partial charge in [0.2, 0.25) is 0 Å². The zero-order chi connectivity index (χ0) is 12.3. The molecule has 3 aliphatic rings. The Hall–Kier alpha value is -0.120. The first-order valence-corrected chi connectivity index (χ1v) is 7.83. The van der Waals surface area contributed by atoms with E-state index in [4.69, 9.17) is 9.47 Å². The van der Waals surface area contributed by atoms with Crippen LogP contribution in [0.1, 0.15) is 51.4 Å². The van der Waals surface area contributed by atoms with Crippen molar-refractivity contribution in [3.63, 3.8) is 0 Å². The number of hydrogen-bond donors (Lipinski definition) is 1. The van der Waals surface area contributed by atoms with Gasteiger partial charge in [-0.2, -0.15) is 0 Å². The Balaban J connectivity index is 1.29. The van der Waals surface area contributed by atoms with E-state index in [2.05, 4.69) is 5.32 Å². The predicted molar refractivity (Wildman–Crippen MR) is 71.7 cm³/mol. The molecule has 0 aromatic rings. The molecule has 2 heterocycles. The molecule has 2 aliphatic heterocycles. The summed E-state index contributed by atoms with van der Waals surface area (Å²) in [5, 5.41) is 3.41. The first-order chi connectivity index (χ1) is 8.86.